The second kappa shape index (κ2) is 6.59. The van der Waals surface area contributed by atoms with E-state index < -0.39 is 0 Å². The van der Waals surface area contributed by atoms with Gasteiger partial charge in [-0.3, -0.25) is 9.36 Å². The van der Waals surface area contributed by atoms with E-state index in [4.69, 9.17) is 27.9 Å². The molecular weight excluding hydrogens is 289 g/mol. The molecular formula is C12H17Cl2N3O2. The van der Waals surface area contributed by atoms with Crippen LogP contribution >= 0.6 is 23.2 Å². The van der Waals surface area contributed by atoms with Crippen molar-refractivity contribution in [2.45, 2.75) is 45.4 Å². The zero-order valence-electron chi connectivity index (χ0n) is 10.8. The summed E-state index contributed by atoms with van der Waals surface area (Å²) >= 11 is 11.9. The number of aromatic nitrogens is 2. The Bertz CT molecular complexity index is 456. The first-order valence-corrected chi connectivity index (χ1v) is 7.19. The van der Waals surface area contributed by atoms with E-state index in [1.807, 2.05) is 6.92 Å². The summed E-state index contributed by atoms with van der Waals surface area (Å²) < 4.78 is 6.76. The Morgan fingerprint density at radius 3 is 2.79 bits per heavy atom. The highest BCUT2D eigenvalue weighted by molar-refractivity contribution is 6.40. The summed E-state index contributed by atoms with van der Waals surface area (Å²) in [6.45, 7) is 2.56. The lowest BCUT2D eigenvalue weighted by Crippen LogP contribution is -2.34. The van der Waals surface area contributed by atoms with Gasteiger partial charge in [-0.2, -0.15) is 0 Å². The minimum absolute atomic E-state index is 0.123. The van der Waals surface area contributed by atoms with Gasteiger partial charge in [0.2, 0.25) is 5.82 Å². The smallest absolute Gasteiger partial charge is 0.287 e. The fourth-order valence-corrected chi connectivity index (χ4v) is 2.55. The van der Waals surface area contributed by atoms with Crippen molar-refractivity contribution < 1.29 is 9.53 Å². The van der Waals surface area contributed by atoms with Crippen molar-refractivity contribution in [1.29, 1.82) is 0 Å². The molecule has 2 rings (SSSR count). The van der Waals surface area contributed by atoms with Gasteiger partial charge < -0.3 is 10.1 Å². The molecule has 0 radical (unpaired) electrons. The zero-order valence-corrected chi connectivity index (χ0v) is 12.3. The van der Waals surface area contributed by atoms with E-state index in [1.54, 1.807) is 0 Å². The molecule has 1 fully saturated rings. The molecule has 0 unspecified atom stereocenters. The van der Waals surface area contributed by atoms with Crippen LogP contribution in [0.25, 0.3) is 0 Å². The molecule has 0 aromatic carbocycles. The molecule has 1 saturated carbocycles. The average molecular weight is 306 g/mol. The highest BCUT2D eigenvalue weighted by Gasteiger charge is 2.24. The quantitative estimate of drug-likeness (QED) is 0.910. The number of amides is 1. The van der Waals surface area contributed by atoms with Gasteiger partial charge in [-0.05, 0) is 19.8 Å². The van der Waals surface area contributed by atoms with Crippen LogP contribution in [0.1, 0.15) is 43.2 Å². The lowest BCUT2D eigenvalue weighted by molar-refractivity contribution is 0.0782. The number of halogens is 2. The van der Waals surface area contributed by atoms with E-state index in [-0.39, 0.29) is 34.8 Å². The number of nitrogens with one attached hydrogen (secondary N) is 1. The Balaban J connectivity index is 2.12. The van der Waals surface area contributed by atoms with Gasteiger partial charge in [0.25, 0.3) is 5.91 Å². The summed E-state index contributed by atoms with van der Waals surface area (Å²) in [6, 6.07) is 0.224. The molecule has 1 aliphatic rings. The first-order valence-electron chi connectivity index (χ1n) is 6.43. The maximum absolute atomic E-state index is 12.2. The van der Waals surface area contributed by atoms with Crippen molar-refractivity contribution in [3.63, 3.8) is 0 Å². The molecule has 1 aliphatic carbocycles. The Labute approximate surface area is 122 Å². The molecule has 1 N–H and O–H groups in total. The van der Waals surface area contributed by atoms with Crippen molar-refractivity contribution in [1.82, 2.24) is 14.9 Å². The number of carbonyl (C=O) groups is 1. The van der Waals surface area contributed by atoms with Gasteiger partial charge in [-0.15, -0.1) is 0 Å². The van der Waals surface area contributed by atoms with Crippen LogP contribution in [-0.2, 0) is 11.5 Å². The number of imidazole rings is 1. The van der Waals surface area contributed by atoms with E-state index >= 15 is 0 Å². The Morgan fingerprint density at radius 2 is 2.16 bits per heavy atom. The number of nitrogens with zero attached hydrogens (tertiary/aromatic N) is 2. The molecule has 0 atom stereocenters. The molecule has 0 bridgehead atoms. The van der Waals surface area contributed by atoms with Crippen LogP contribution in [0.5, 0.6) is 0 Å². The minimum Gasteiger partial charge on any atom is -0.361 e. The third-order valence-electron chi connectivity index (χ3n) is 3.18. The first kappa shape index (κ1) is 14.6. The zero-order chi connectivity index (χ0) is 13.8. The molecule has 1 aromatic heterocycles. The van der Waals surface area contributed by atoms with Crippen LogP contribution < -0.4 is 5.32 Å². The van der Waals surface area contributed by atoms with Gasteiger partial charge in [0.05, 0.1) is 0 Å². The summed E-state index contributed by atoms with van der Waals surface area (Å²) in [6.07, 6.45) is 4.33. The molecule has 1 amide bonds. The van der Waals surface area contributed by atoms with E-state index in [9.17, 15) is 4.79 Å². The lowest BCUT2D eigenvalue weighted by atomic mass is 10.2. The number of hydrogen-bond acceptors (Lipinski definition) is 3. The Kier molecular flexibility index (Phi) is 5.07. The number of ether oxygens (including phenoxy) is 1. The summed E-state index contributed by atoms with van der Waals surface area (Å²) in [4.78, 5) is 16.2. The maximum atomic E-state index is 12.2. The number of carbonyl (C=O) groups excluding carboxylic acids is 1. The predicted molar refractivity (Wildman–Crippen MR) is 73.6 cm³/mol. The van der Waals surface area contributed by atoms with Gasteiger partial charge in [-0.1, -0.05) is 36.0 Å². The second-order valence-electron chi connectivity index (χ2n) is 4.52. The van der Waals surface area contributed by atoms with Crippen molar-refractivity contribution in [3.05, 3.63) is 16.1 Å². The molecule has 0 saturated heterocycles. The highest BCUT2D eigenvalue weighted by atomic mass is 35.5. The second-order valence-corrected chi connectivity index (χ2v) is 5.24. The van der Waals surface area contributed by atoms with Crippen LogP contribution in [-0.4, -0.2) is 28.1 Å². The van der Waals surface area contributed by atoms with E-state index in [1.165, 1.54) is 4.57 Å². The van der Waals surface area contributed by atoms with Gasteiger partial charge in [0.1, 0.15) is 11.9 Å². The molecule has 106 valence electrons. The van der Waals surface area contributed by atoms with Gasteiger partial charge >= 0.3 is 0 Å². The van der Waals surface area contributed by atoms with Gasteiger partial charge in [0, 0.05) is 12.6 Å². The standard InChI is InChI=1S/C12H17Cl2N3O2/c1-2-19-7-17-10(14)9(13)16-11(17)12(18)15-8-5-3-4-6-8/h8H,2-7H2,1H3,(H,15,18). The Hall–Kier alpha value is -0.780. The lowest BCUT2D eigenvalue weighted by Gasteiger charge is -2.13. The van der Waals surface area contributed by atoms with Crippen molar-refractivity contribution in [2.24, 2.45) is 0 Å². The van der Waals surface area contributed by atoms with Crippen LogP contribution in [0.2, 0.25) is 10.3 Å². The normalized spacial score (nSPS) is 15.9. The highest BCUT2D eigenvalue weighted by Crippen LogP contribution is 2.24. The summed E-state index contributed by atoms with van der Waals surface area (Å²) in [5.41, 5.74) is 0. The summed E-state index contributed by atoms with van der Waals surface area (Å²) in [5, 5.41) is 3.31. The summed E-state index contributed by atoms with van der Waals surface area (Å²) in [5.74, 6) is -0.0456. The molecule has 0 spiro atoms. The van der Waals surface area contributed by atoms with E-state index in [2.05, 4.69) is 10.3 Å². The van der Waals surface area contributed by atoms with Crippen molar-refractivity contribution in [2.75, 3.05) is 6.61 Å². The summed E-state index contributed by atoms with van der Waals surface area (Å²) in [7, 11) is 0. The van der Waals surface area contributed by atoms with Crippen LogP contribution in [0.4, 0.5) is 0 Å². The van der Waals surface area contributed by atoms with Gasteiger partial charge in [-0.25, -0.2) is 4.98 Å². The van der Waals surface area contributed by atoms with Crippen molar-refractivity contribution in [3.8, 4) is 0 Å². The largest absolute Gasteiger partial charge is 0.361 e. The third-order valence-corrected chi connectivity index (χ3v) is 3.93. The molecule has 0 aliphatic heterocycles. The SMILES string of the molecule is CCOCn1c(C(=O)NC2CCCC2)nc(Cl)c1Cl. The van der Waals surface area contributed by atoms with E-state index in [0.717, 1.165) is 25.7 Å². The molecule has 5 nitrogen and oxygen atoms in total. The minimum atomic E-state index is -0.250. The van der Waals surface area contributed by atoms with E-state index in [0.29, 0.717) is 6.61 Å². The van der Waals surface area contributed by atoms with Crippen LogP contribution in [0.15, 0.2) is 0 Å². The fraction of sp³-hybridized carbons (Fsp3) is 0.667. The predicted octanol–water partition coefficient (Wildman–Crippen LogP) is 2.86. The molecule has 19 heavy (non-hydrogen) atoms. The molecule has 7 heteroatoms. The first-order chi connectivity index (χ1) is 9.13. The topological polar surface area (TPSA) is 56.1 Å². The third kappa shape index (κ3) is 3.41. The fourth-order valence-electron chi connectivity index (χ4n) is 2.20. The number of rotatable bonds is 5. The monoisotopic (exact) mass is 305 g/mol. The number of hydrogen-bond donors (Lipinski definition) is 1. The van der Waals surface area contributed by atoms with Crippen molar-refractivity contribution >= 4 is 29.1 Å². The molecule has 1 heterocycles. The van der Waals surface area contributed by atoms with Gasteiger partial charge in [0.15, 0.2) is 5.15 Å². The van der Waals surface area contributed by atoms with Crippen LogP contribution in [0, 0.1) is 0 Å². The average Bonchev–Trinajstić information content (AvgIpc) is 2.98. The van der Waals surface area contributed by atoms with Crippen LogP contribution in [0.3, 0.4) is 0 Å². The maximum Gasteiger partial charge on any atom is 0.287 e. The Morgan fingerprint density at radius 1 is 1.47 bits per heavy atom. The molecule has 1 aromatic rings.